The molecule has 0 saturated carbocycles. The molecular formula is C12H17NO3S. The van der Waals surface area contributed by atoms with Crippen molar-refractivity contribution < 1.29 is 12.6 Å². The topological polar surface area (TPSA) is 46.6 Å². The quantitative estimate of drug-likeness (QED) is 0.595. The van der Waals surface area contributed by atoms with Crippen LogP contribution < -0.4 is 0 Å². The molecule has 0 aliphatic carbocycles. The van der Waals surface area contributed by atoms with Crippen LogP contribution in [0.2, 0.25) is 0 Å². The van der Waals surface area contributed by atoms with E-state index in [1.54, 1.807) is 32.0 Å². The fourth-order valence-corrected chi connectivity index (χ4v) is 1.97. The molecular weight excluding hydrogens is 238 g/mol. The second kappa shape index (κ2) is 5.84. The smallest absolute Gasteiger partial charge is 0.324 e. The highest BCUT2D eigenvalue weighted by atomic mass is 32.2. The summed E-state index contributed by atoms with van der Waals surface area (Å²) in [5, 5.41) is -0.678. The van der Waals surface area contributed by atoms with Crippen LogP contribution in [0.5, 0.6) is 0 Å². The van der Waals surface area contributed by atoms with Gasteiger partial charge in [-0.15, -0.1) is 0 Å². The van der Waals surface area contributed by atoms with Crippen molar-refractivity contribution in [2.24, 2.45) is 0 Å². The average molecular weight is 255 g/mol. The molecule has 1 unspecified atom stereocenters. The van der Waals surface area contributed by atoms with E-state index in [0.717, 1.165) is 5.56 Å². The molecule has 1 aromatic carbocycles. The Hall–Kier alpha value is -1.33. The molecule has 0 spiro atoms. The molecule has 0 heterocycles. The Kier molecular flexibility index (Phi) is 4.72. The summed E-state index contributed by atoms with van der Waals surface area (Å²) < 4.78 is 28.1. The van der Waals surface area contributed by atoms with Gasteiger partial charge in [0.25, 0.3) is 0 Å². The highest BCUT2D eigenvalue weighted by Gasteiger charge is 2.22. The fourth-order valence-electron chi connectivity index (χ4n) is 1.09. The summed E-state index contributed by atoms with van der Waals surface area (Å²) in [5.41, 5.74) is 0.889. The third-order valence-electron chi connectivity index (χ3n) is 2.39. The summed E-state index contributed by atoms with van der Waals surface area (Å²) in [5.74, 6) is 0. The number of nitrogens with zero attached hydrogens (tertiary/aromatic N) is 1. The van der Waals surface area contributed by atoms with Gasteiger partial charge in [0.15, 0.2) is 0 Å². The SMILES string of the molecule is CC(N(C)C)S(=O)(=O)OC=Cc1ccccc1. The number of hydrogen-bond acceptors (Lipinski definition) is 4. The third-order valence-corrected chi connectivity index (χ3v) is 4.03. The van der Waals surface area contributed by atoms with Crippen LogP contribution in [0.4, 0.5) is 0 Å². The molecule has 0 N–H and O–H groups in total. The lowest BCUT2D eigenvalue weighted by Crippen LogP contribution is -2.33. The van der Waals surface area contributed by atoms with Gasteiger partial charge in [0.1, 0.15) is 11.6 Å². The minimum Gasteiger partial charge on any atom is -0.389 e. The van der Waals surface area contributed by atoms with Gasteiger partial charge in [0.05, 0.1) is 0 Å². The van der Waals surface area contributed by atoms with E-state index in [0.29, 0.717) is 0 Å². The maximum absolute atomic E-state index is 11.6. The molecule has 0 bridgehead atoms. The highest BCUT2D eigenvalue weighted by Crippen LogP contribution is 2.08. The van der Waals surface area contributed by atoms with Crippen molar-refractivity contribution in [2.45, 2.75) is 12.3 Å². The van der Waals surface area contributed by atoms with Crippen LogP contribution in [0.15, 0.2) is 36.6 Å². The molecule has 4 nitrogen and oxygen atoms in total. The summed E-state index contributed by atoms with van der Waals surface area (Å²) in [7, 11) is -0.217. The predicted octanol–water partition coefficient (Wildman–Crippen LogP) is 1.91. The predicted molar refractivity (Wildman–Crippen MR) is 68.6 cm³/mol. The lowest BCUT2D eigenvalue weighted by molar-refractivity contribution is 0.342. The Labute approximate surface area is 103 Å². The second-order valence-corrected chi connectivity index (χ2v) is 5.73. The van der Waals surface area contributed by atoms with Crippen LogP contribution in [0.1, 0.15) is 12.5 Å². The zero-order chi connectivity index (χ0) is 12.9. The van der Waals surface area contributed by atoms with E-state index in [1.165, 1.54) is 6.26 Å². The molecule has 0 radical (unpaired) electrons. The molecule has 0 aliphatic rings. The van der Waals surface area contributed by atoms with Crippen molar-refractivity contribution in [3.8, 4) is 0 Å². The second-order valence-electron chi connectivity index (χ2n) is 3.87. The van der Waals surface area contributed by atoms with Gasteiger partial charge >= 0.3 is 10.1 Å². The van der Waals surface area contributed by atoms with Gasteiger partial charge in [-0.25, -0.2) is 0 Å². The Morgan fingerprint density at radius 3 is 2.35 bits per heavy atom. The normalized spacial score (nSPS) is 14.1. The standard InChI is InChI=1S/C12H17NO3S/c1-11(13(2)3)17(14,15)16-10-9-12-7-5-4-6-8-12/h4-11H,1-3H3. The minimum atomic E-state index is -3.59. The van der Waals surface area contributed by atoms with Crippen molar-refractivity contribution >= 4 is 16.2 Å². The maximum atomic E-state index is 11.6. The van der Waals surface area contributed by atoms with Gasteiger partial charge in [-0.05, 0) is 32.7 Å². The molecule has 5 heteroatoms. The van der Waals surface area contributed by atoms with E-state index in [2.05, 4.69) is 0 Å². The Morgan fingerprint density at radius 2 is 1.82 bits per heavy atom. The van der Waals surface area contributed by atoms with Gasteiger partial charge in [0, 0.05) is 0 Å². The largest absolute Gasteiger partial charge is 0.389 e. The first-order chi connectivity index (χ1) is 7.93. The van der Waals surface area contributed by atoms with E-state index in [1.807, 2.05) is 30.3 Å². The van der Waals surface area contributed by atoms with Crippen LogP contribution in [0, 0.1) is 0 Å². The maximum Gasteiger partial charge on any atom is 0.324 e. The van der Waals surface area contributed by atoms with Crippen molar-refractivity contribution in [3.05, 3.63) is 42.2 Å². The van der Waals surface area contributed by atoms with Crippen LogP contribution in [-0.2, 0) is 14.3 Å². The Morgan fingerprint density at radius 1 is 1.24 bits per heavy atom. The van der Waals surface area contributed by atoms with Crippen molar-refractivity contribution in [1.82, 2.24) is 4.90 Å². The lowest BCUT2D eigenvalue weighted by atomic mass is 10.2. The van der Waals surface area contributed by atoms with E-state index < -0.39 is 15.5 Å². The van der Waals surface area contributed by atoms with Crippen molar-refractivity contribution in [2.75, 3.05) is 14.1 Å². The van der Waals surface area contributed by atoms with Gasteiger partial charge in [-0.1, -0.05) is 30.3 Å². The first-order valence-corrected chi connectivity index (χ1v) is 6.71. The molecule has 17 heavy (non-hydrogen) atoms. The molecule has 1 atom stereocenters. The van der Waals surface area contributed by atoms with E-state index in [-0.39, 0.29) is 0 Å². The Balaban J connectivity index is 2.65. The fraction of sp³-hybridized carbons (Fsp3) is 0.333. The molecule has 0 aliphatic heterocycles. The summed E-state index contributed by atoms with van der Waals surface area (Å²) in [6.45, 7) is 1.58. The molecule has 0 fully saturated rings. The lowest BCUT2D eigenvalue weighted by Gasteiger charge is -2.18. The van der Waals surface area contributed by atoms with E-state index in [9.17, 15) is 8.42 Å². The average Bonchev–Trinajstić information content (AvgIpc) is 2.29. The van der Waals surface area contributed by atoms with Crippen LogP contribution in [0.3, 0.4) is 0 Å². The van der Waals surface area contributed by atoms with Gasteiger partial charge in [0.2, 0.25) is 0 Å². The monoisotopic (exact) mass is 255 g/mol. The summed E-state index contributed by atoms with van der Waals surface area (Å²) in [4.78, 5) is 1.58. The first kappa shape index (κ1) is 13.7. The minimum absolute atomic E-state index is 0.678. The van der Waals surface area contributed by atoms with E-state index in [4.69, 9.17) is 4.18 Å². The van der Waals surface area contributed by atoms with Crippen LogP contribution >= 0.6 is 0 Å². The number of benzene rings is 1. The van der Waals surface area contributed by atoms with Crippen molar-refractivity contribution in [3.63, 3.8) is 0 Å². The number of rotatable bonds is 5. The van der Waals surface area contributed by atoms with Gasteiger partial charge in [-0.3, -0.25) is 4.90 Å². The first-order valence-electron chi connectivity index (χ1n) is 5.23. The molecule has 0 amide bonds. The van der Waals surface area contributed by atoms with Gasteiger partial charge < -0.3 is 4.18 Å². The zero-order valence-electron chi connectivity index (χ0n) is 10.2. The summed E-state index contributed by atoms with van der Waals surface area (Å²) in [6.07, 6.45) is 2.81. The van der Waals surface area contributed by atoms with Gasteiger partial charge in [-0.2, -0.15) is 8.42 Å². The third kappa shape index (κ3) is 4.20. The Bertz CT molecular complexity index is 466. The van der Waals surface area contributed by atoms with Crippen LogP contribution in [0.25, 0.3) is 6.08 Å². The summed E-state index contributed by atoms with van der Waals surface area (Å²) >= 11 is 0. The molecule has 1 rings (SSSR count). The van der Waals surface area contributed by atoms with Crippen molar-refractivity contribution in [1.29, 1.82) is 0 Å². The highest BCUT2D eigenvalue weighted by molar-refractivity contribution is 7.87. The molecule has 0 saturated heterocycles. The summed E-state index contributed by atoms with van der Waals surface area (Å²) in [6, 6.07) is 9.36. The zero-order valence-corrected chi connectivity index (χ0v) is 11.0. The number of hydrogen-bond donors (Lipinski definition) is 0. The molecule has 1 aromatic rings. The van der Waals surface area contributed by atoms with Crippen LogP contribution in [-0.4, -0.2) is 32.8 Å². The van der Waals surface area contributed by atoms with E-state index >= 15 is 0 Å². The molecule has 0 aromatic heterocycles. The molecule has 94 valence electrons.